The minimum Gasteiger partial charge on any atom is -0.510 e. The molecule has 1 aromatic carbocycles. The van der Waals surface area contributed by atoms with Gasteiger partial charge in [-0.05, 0) is 49.6 Å². The lowest BCUT2D eigenvalue weighted by Crippen LogP contribution is -2.52. The molecule has 41 heavy (non-hydrogen) atoms. The first kappa shape index (κ1) is 26.5. The molecule has 10 nitrogen and oxygen atoms in total. The molecule has 0 radical (unpaired) electrons. The SMILES string of the molecule is CCCCCc1cc2cc3c(c(O)c2c(=O)[nH]1)C1(CC3)C(O)=c2c(=O)c3c(=O)cc(NCC)c(=O)c=3c(=O)c2=C1O. The van der Waals surface area contributed by atoms with E-state index in [0.29, 0.717) is 17.4 Å². The van der Waals surface area contributed by atoms with E-state index in [1.54, 1.807) is 19.1 Å². The molecule has 1 atom stereocenters. The van der Waals surface area contributed by atoms with Crippen molar-refractivity contribution >= 4 is 28.0 Å². The van der Waals surface area contributed by atoms with Gasteiger partial charge in [0.2, 0.25) is 16.3 Å². The van der Waals surface area contributed by atoms with Crippen molar-refractivity contribution in [3.05, 3.63) is 107 Å². The Kier molecular flexibility index (Phi) is 5.91. The first-order chi connectivity index (χ1) is 19.6. The van der Waals surface area contributed by atoms with Crippen molar-refractivity contribution < 1.29 is 15.3 Å². The average molecular weight is 557 g/mol. The van der Waals surface area contributed by atoms with E-state index in [1.807, 2.05) is 0 Å². The van der Waals surface area contributed by atoms with Crippen LogP contribution >= 0.6 is 0 Å². The Bertz CT molecular complexity index is 2280. The molecular formula is C31H28N2O8. The third-order valence-electron chi connectivity index (χ3n) is 8.54. The molecule has 6 rings (SSSR count). The van der Waals surface area contributed by atoms with E-state index in [1.165, 1.54) is 0 Å². The second-order valence-corrected chi connectivity index (χ2v) is 10.8. The summed E-state index contributed by atoms with van der Waals surface area (Å²) in [7, 11) is 0. The van der Waals surface area contributed by atoms with Gasteiger partial charge >= 0.3 is 0 Å². The smallest absolute Gasteiger partial charge is 0.259 e. The zero-order valence-electron chi connectivity index (χ0n) is 22.6. The Hall–Kier alpha value is -4.73. The van der Waals surface area contributed by atoms with Gasteiger partial charge in [0.05, 0.1) is 31.9 Å². The van der Waals surface area contributed by atoms with Crippen LogP contribution in [0.4, 0.5) is 5.69 Å². The van der Waals surface area contributed by atoms with E-state index in [2.05, 4.69) is 17.2 Å². The highest BCUT2D eigenvalue weighted by Crippen LogP contribution is 2.54. The molecule has 0 fully saturated rings. The number of H-pyrrole nitrogens is 1. The fourth-order valence-electron chi connectivity index (χ4n) is 6.70. The molecule has 4 aliphatic carbocycles. The molecule has 5 N–H and O–H groups in total. The average Bonchev–Trinajstić information content (AvgIpc) is 3.42. The number of unbranched alkanes of at least 4 members (excludes halogenated alkanes) is 2. The maximum Gasteiger partial charge on any atom is 0.259 e. The standard InChI is InChI=1S/C31H28N2O8/c1-3-5-6-7-15-11-14-10-13-8-9-31(23(13)27(38)18(14)30(41)33-15)28(39)21-22(29(31)40)26(37)20-19(25(21)36)17(34)12-16(24(20)35)32-4-2/h10-12,32,38-40H,3-9H2,1-2H3,(H,33,41). The van der Waals surface area contributed by atoms with Crippen molar-refractivity contribution in [1.29, 1.82) is 0 Å². The van der Waals surface area contributed by atoms with Gasteiger partial charge < -0.3 is 25.6 Å². The summed E-state index contributed by atoms with van der Waals surface area (Å²) in [4.78, 5) is 69.2. The highest BCUT2D eigenvalue weighted by Gasteiger charge is 2.53. The zero-order valence-corrected chi connectivity index (χ0v) is 22.6. The number of nitrogens with one attached hydrogen (secondary N) is 2. The van der Waals surface area contributed by atoms with Crippen molar-refractivity contribution in [2.75, 3.05) is 11.9 Å². The van der Waals surface area contributed by atoms with Gasteiger partial charge in [-0.2, -0.15) is 0 Å². The van der Waals surface area contributed by atoms with Crippen molar-refractivity contribution in [2.45, 2.75) is 57.8 Å². The second-order valence-electron chi connectivity index (χ2n) is 10.8. The molecule has 10 heteroatoms. The van der Waals surface area contributed by atoms with Crippen LogP contribution in [-0.2, 0) is 18.3 Å². The number of aliphatic hydroxyl groups excluding tert-OH is 2. The predicted octanol–water partition coefficient (Wildman–Crippen LogP) is 0.670. The van der Waals surface area contributed by atoms with Gasteiger partial charge in [0.1, 0.15) is 22.7 Å². The van der Waals surface area contributed by atoms with Crippen molar-refractivity contribution in [2.24, 2.45) is 0 Å². The minimum absolute atomic E-state index is 0.0151. The number of aromatic hydroxyl groups is 1. The first-order valence-electron chi connectivity index (χ1n) is 13.8. The molecule has 0 saturated carbocycles. The van der Waals surface area contributed by atoms with Crippen LogP contribution < -0.4 is 43.0 Å². The molecule has 0 aliphatic heterocycles. The van der Waals surface area contributed by atoms with Crippen LogP contribution in [0, 0.1) is 10.4 Å². The lowest BCUT2D eigenvalue weighted by molar-refractivity contribution is 0.362. The molecule has 210 valence electrons. The summed E-state index contributed by atoms with van der Waals surface area (Å²) >= 11 is 0. The summed E-state index contributed by atoms with van der Waals surface area (Å²) in [5.41, 5.74) is -5.16. The van der Waals surface area contributed by atoms with Crippen molar-refractivity contribution in [3.8, 4) is 5.75 Å². The third-order valence-corrected chi connectivity index (χ3v) is 8.54. The van der Waals surface area contributed by atoms with E-state index in [4.69, 9.17) is 0 Å². The normalized spacial score (nSPS) is 17.6. The van der Waals surface area contributed by atoms with Gasteiger partial charge in [-0.1, -0.05) is 25.8 Å². The Morgan fingerprint density at radius 2 is 1.54 bits per heavy atom. The van der Waals surface area contributed by atoms with E-state index in [9.17, 15) is 39.3 Å². The summed E-state index contributed by atoms with van der Waals surface area (Å²) in [6, 6.07) is 4.44. The molecule has 2 aromatic rings. The lowest BCUT2D eigenvalue weighted by atomic mass is 9.78. The van der Waals surface area contributed by atoms with E-state index in [0.717, 1.165) is 31.0 Å². The second kappa shape index (κ2) is 9.15. The number of aliphatic hydroxyl groups is 2. The number of aromatic amines is 1. The number of fused-ring (bicyclic) bond motifs is 4. The summed E-state index contributed by atoms with van der Waals surface area (Å²) < 4.78 is 0. The van der Waals surface area contributed by atoms with E-state index >= 15 is 0 Å². The number of hydrogen-bond acceptors (Lipinski definition) is 9. The topological polar surface area (TPSA) is 174 Å². The number of rotatable bonds is 6. The first-order valence-corrected chi connectivity index (χ1v) is 13.8. The van der Waals surface area contributed by atoms with E-state index in [-0.39, 0.29) is 36.0 Å². The van der Waals surface area contributed by atoms with E-state index < -0.39 is 70.8 Å². The van der Waals surface area contributed by atoms with Crippen LogP contribution in [0.3, 0.4) is 0 Å². The maximum absolute atomic E-state index is 13.7. The Morgan fingerprint density at radius 3 is 2.20 bits per heavy atom. The Balaban J connectivity index is 1.69. The quantitative estimate of drug-likeness (QED) is 0.214. The van der Waals surface area contributed by atoms with Gasteiger partial charge in [-0.3, -0.25) is 24.0 Å². The van der Waals surface area contributed by atoms with Gasteiger partial charge in [-0.25, -0.2) is 0 Å². The number of aryl methyl sites for hydroxylation is 2. The fourth-order valence-corrected chi connectivity index (χ4v) is 6.70. The Morgan fingerprint density at radius 1 is 0.854 bits per heavy atom. The molecule has 4 aliphatic rings. The van der Waals surface area contributed by atoms with Crippen LogP contribution in [-0.4, -0.2) is 26.8 Å². The molecule has 0 amide bonds. The number of hydrogen-bond donors (Lipinski definition) is 5. The zero-order chi connectivity index (χ0) is 29.4. The molecule has 0 bridgehead atoms. The molecule has 1 spiro atoms. The molecule has 1 unspecified atom stereocenters. The largest absolute Gasteiger partial charge is 0.510 e. The third kappa shape index (κ3) is 3.39. The fraction of sp³-hybridized carbons (Fsp3) is 0.323. The van der Waals surface area contributed by atoms with Gasteiger partial charge in [-0.15, -0.1) is 0 Å². The van der Waals surface area contributed by atoms with Crippen LogP contribution in [0.2, 0.25) is 0 Å². The maximum atomic E-state index is 13.7. The number of benzene rings is 1. The summed E-state index contributed by atoms with van der Waals surface area (Å²) in [5.74, 6) is -1.87. The molecular weight excluding hydrogens is 528 g/mol. The van der Waals surface area contributed by atoms with Crippen molar-refractivity contribution in [1.82, 2.24) is 4.98 Å². The number of anilines is 1. The highest BCUT2D eigenvalue weighted by atomic mass is 16.3. The molecule has 1 heterocycles. The van der Waals surface area contributed by atoms with Crippen molar-refractivity contribution in [3.63, 3.8) is 0 Å². The predicted molar refractivity (Wildman–Crippen MR) is 154 cm³/mol. The monoisotopic (exact) mass is 556 g/mol. The number of phenolic OH excluding ortho intramolecular Hbond substituents is 1. The van der Waals surface area contributed by atoms with Crippen LogP contribution in [0.25, 0.3) is 22.3 Å². The number of pyridine rings is 1. The van der Waals surface area contributed by atoms with Crippen LogP contribution in [0.5, 0.6) is 5.75 Å². The molecule has 1 aromatic heterocycles. The van der Waals surface area contributed by atoms with Crippen LogP contribution in [0.1, 0.15) is 56.4 Å². The van der Waals surface area contributed by atoms with Gasteiger partial charge in [0, 0.05) is 23.9 Å². The number of aromatic nitrogens is 1. The summed E-state index contributed by atoms with van der Waals surface area (Å²) in [5, 5.41) is 35.3. The van der Waals surface area contributed by atoms with Gasteiger partial charge in [0.25, 0.3) is 5.56 Å². The number of phenols is 1. The Labute approximate surface area is 230 Å². The lowest BCUT2D eigenvalue weighted by Gasteiger charge is -2.27. The summed E-state index contributed by atoms with van der Waals surface area (Å²) in [6.45, 7) is 4.05. The minimum atomic E-state index is -1.89. The highest BCUT2D eigenvalue weighted by molar-refractivity contribution is 5.94. The van der Waals surface area contributed by atoms with Gasteiger partial charge in [0.15, 0.2) is 5.43 Å². The summed E-state index contributed by atoms with van der Waals surface area (Å²) in [6.07, 6.45) is 3.78. The molecule has 0 saturated heterocycles. The van der Waals surface area contributed by atoms with Crippen LogP contribution in [0.15, 0.2) is 42.2 Å².